The van der Waals surface area contributed by atoms with Crippen molar-refractivity contribution in [2.24, 2.45) is 0 Å². The zero-order chi connectivity index (χ0) is 23.5. The number of hydrogen-bond donors (Lipinski definition) is 3. The molecule has 1 amide bonds. The molecule has 0 saturated heterocycles. The fourth-order valence-electron chi connectivity index (χ4n) is 3.21. The van der Waals surface area contributed by atoms with Crippen LogP contribution < -0.4 is 14.8 Å². The molecule has 3 aromatic rings. The largest absolute Gasteiger partial charge is 0.491 e. The van der Waals surface area contributed by atoms with Gasteiger partial charge in [0, 0.05) is 28.8 Å². The van der Waals surface area contributed by atoms with Crippen LogP contribution in [0.2, 0.25) is 0 Å². The van der Waals surface area contributed by atoms with E-state index in [0.29, 0.717) is 22.7 Å². The summed E-state index contributed by atoms with van der Waals surface area (Å²) in [4.78, 5) is 12.8. The summed E-state index contributed by atoms with van der Waals surface area (Å²) in [5.41, 5.74) is 1.13. The Hall–Kier alpha value is -3.07. The van der Waals surface area contributed by atoms with E-state index in [4.69, 9.17) is 14.2 Å². The normalized spacial score (nSPS) is 12.5. The maximum atomic E-state index is 12.8. The molecule has 0 fully saturated rings. The maximum absolute atomic E-state index is 12.8. The van der Waals surface area contributed by atoms with E-state index in [1.807, 2.05) is 18.2 Å². The summed E-state index contributed by atoms with van der Waals surface area (Å²) in [7, 11) is 0. The Morgan fingerprint density at radius 1 is 0.909 bits per heavy atom. The average molecular weight is 516 g/mol. The summed E-state index contributed by atoms with van der Waals surface area (Å²) in [5, 5.41) is 21.6. The zero-order valence-electron chi connectivity index (χ0n) is 17.9. The summed E-state index contributed by atoms with van der Waals surface area (Å²) in [6, 6.07) is 23.3. The Bertz CT molecular complexity index is 999. The molecule has 0 saturated carbocycles. The predicted octanol–water partition coefficient (Wildman–Crippen LogP) is 4.94. The minimum absolute atomic E-state index is 0.0824. The smallest absolute Gasteiger partial charge is 0.412 e. The Balaban J connectivity index is 1.90. The number of carbonyl (C=O) groups is 1. The summed E-state index contributed by atoms with van der Waals surface area (Å²) < 4.78 is 18.5. The Kier molecular flexibility index (Phi) is 9.56. The standard InChI is InChI=1S/C25H26BrNO6/c26-18-10-12-19(13-11-18)27-25(30)33-24(21-8-4-5-9-22(21)31-17-16-29)23(14-15-28)32-20-6-2-1-3-7-20/h1-13,23-24,28-29H,14-17H2,(H,27,30)/t23-,24-/m0/s1. The Labute approximate surface area is 201 Å². The second kappa shape index (κ2) is 12.8. The van der Waals surface area contributed by atoms with Gasteiger partial charge in [0.15, 0.2) is 6.10 Å². The third-order valence-corrected chi connectivity index (χ3v) is 5.21. The molecule has 0 bridgehead atoms. The van der Waals surface area contributed by atoms with Crippen LogP contribution in [-0.4, -0.2) is 42.2 Å². The van der Waals surface area contributed by atoms with Gasteiger partial charge >= 0.3 is 6.09 Å². The molecule has 3 rings (SSSR count). The highest BCUT2D eigenvalue weighted by atomic mass is 79.9. The van der Waals surface area contributed by atoms with Gasteiger partial charge in [-0.25, -0.2) is 4.79 Å². The Morgan fingerprint density at radius 2 is 1.61 bits per heavy atom. The van der Waals surface area contributed by atoms with Crippen molar-refractivity contribution in [3.63, 3.8) is 0 Å². The number of nitrogens with one attached hydrogen (secondary N) is 1. The number of aliphatic hydroxyl groups is 2. The van der Waals surface area contributed by atoms with Crippen LogP contribution in [0.4, 0.5) is 10.5 Å². The van der Waals surface area contributed by atoms with Crippen molar-refractivity contribution < 1.29 is 29.2 Å². The van der Waals surface area contributed by atoms with Crippen molar-refractivity contribution in [2.45, 2.75) is 18.6 Å². The Morgan fingerprint density at radius 3 is 2.30 bits per heavy atom. The van der Waals surface area contributed by atoms with Crippen LogP contribution in [0.1, 0.15) is 18.1 Å². The van der Waals surface area contributed by atoms with Gasteiger partial charge in [-0.3, -0.25) is 5.32 Å². The van der Waals surface area contributed by atoms with Crippen molar-refractivity contribution in [1.82, 2.24) is 0 Å². The summed E-state index contributed by atoms with van der Waals surface area (Å²) in [6.07, 6.45) is -2.08. The molecule has 0 aromatic heterocycles. The predicted molar refractivity (Wildman–Crippen MR) is 129 cm³/mol. The summed E-state index contributed by atoms with van der Waals surface area (Å²) in [6.45, 7) is -0.255. The lowest BCUT2D eigenvalue weighted by atomic mass is 10.0. The summed E-state index contributed by atoms with van der Waals surface area (Å²) >= 11 is 3.36. The second-order valence-corrected chi connectivity index (χ2v) is 7.97. The van der Waals surface area contributed by atoms with E-state index in [-0.39, 0.29) is 26.2 Å². The number of para-hydroxylation sites is 2. The van der Waals surface area contributed by atoms with Gasteiger partial charge in [-0.1, -0.05) is 52.3 Å². The van der Waals surface area contributed by atoms with Crippen molar-refractivity contribution in [3.05, 3.63) is 88.9 Å². The molecule has 3 N–H and O–H groups in total. The van der Waals surface area contributed by atoms with Gasteiger partial charge < -0.3 is 24.4 Å². The van der Waals surface area contributed by atoms with Gasteiger partial charge in [0.2, 0.25) is 0 Å². The fraction of sp³-hybridized carbons (Fsp3) is 0.240. The first kappa shape index (κ1) is 24.6. The molecule has 0 aliphatic rings. The first-order chi connectivity index (χ1) is 16.1. The van der Waals surface area contributed by atoms with E-state index in [1.165, 1.54) is 0 Å². The van der Waals surface area contributed by atoms with Crippen molar-refractivity contribution >= 4 is 27.7 Å². The van der Waals surface area contributed by atoms with Gasteiger partial charge in [0.1, 0.15) is 24.2 Å². The van der Waals surface area contributed by atoms with Crippen LogP contribution in [-0.2, 0) is 4.74 Å². The number of carbonyl (C=O) groups excluding carboxylic acids is 1. The van der Waals surface area contributed by atoms with Gasteiger partial charge in [0.05, 0.1) is 6.61 Å². The number of halogens is 1. The molecule has 0 aliphatic heterocycles. The lowest BCUT2D eigenvalue weighted by Gasteiger charge is -2.29. The highest BCUT2D eigenvalue weighted by Crippen LogP contribution is 2.34. The van der Waals surface area contributed by atoms with E-state index in [1.54, 1.807) is 60.7 Å². The van der Waals surface area contributed by atoms with Crippen LogP contribution in [0.15, 0.2) is 83.3 Å². The molecular formula is C25H26BrNO6. The third kappa shape index (κ3) is 7.49. The number of rotatable bonds is 11. The highest BCUT2D eigenvalue weighted by Gasteiger charge is 2.31. The van der Waals surface area contributed by atoms with Crippen LogP contribution >= 0.6 is 15.9 Å². The van der Waals surface area contributed by atoms with E-state index in [9.17, 15) is 15.0 Å². The number of anilines is 1. The SMILES string of the molecule is O=C(Nc1ccc(Br)cc1)O[C@@H](c1ccccc1OCCO)[C@H](CCO)Oc1ccccc1. The average Bonchev–Trinajstić information content (AvgIpc) is 2.83. The van der Waals surface area contributed by atoms with Crippen molar-refractivity contribution in [2.75, 3.05) is 25.1 Å². The van der Waals surface area contributed by atoms with E-state index in [0.717, 1.165) is 4.47 Å². The fourth-order valence-corrected chi connectivity index (χ4v) is 3.48. The monoisotopic (exact) mass is 515 g/mol. The van der Waals surface area contributed by atoms with Crippen molar-refractivity contribution in [3.8, 4) is 11.5 Å². The third-order valence-electron chi connectivity index (χ3n) is 4.68. The zero-order valence-corrected chi connectivity index (χ0v) is 19.5. The first-order valence-electron chi connectivity index (χ1n) is 10.5. The quantitative estimate of drug-likeness (QED) is 0.334. The van der Waals surface area contributed by atoms with Crippen LogP contribution in [0, 0.1) is 0 Å². The van der Waals surface area contributed by atoms with Gasteiger partial charge in [-0.2, -0.15) is 0 Å². The van der Waals surface area contributed by atoms with Crippen LogP contribution in [0.5, 0.6) is 11.5 Å². The minimum Gasteiger partial charge on any atom is -0.491 e. The van der Waals surface area contributed by atoms with E-state index >= 15 is 0 Å². The van der Waals surface area contributed by atoms with Gasteiger partial charge in [-0.05, 0) is 42.5 Å². The van der Waals surface area contributed by atoms with E-state index in [2.05, 4.69) is 21.2 Å². The molecular weight excluding hydrogens is 490 g/mol. The summed E-state index contributed by atoms with van der Waals surface area (Å²) in [5.74, 6) is 1.03. The maximum Gasteiger partial charge on any atom is 0.412 e. The molecule has 8 heteroatoms. The van der Waals surface area contributed by atoms with Gasteiger partial charge in [0.25, 0.3) is 0 Å². The number of aliphatic hydroxyl groups excluding tert-OH is 2. The van der Waals surface area contributed by atoms with E-state index < -0.39 is 18.3 Å². The molecule has 33 heavy (non-hydrogen) atoms. The number of hydrogen-bond acceptors (Lipinski definition) is 6. The molecule has 0 spiro atoms. The minimum atomic E-state index is -0.900. The highest BCUT2D eigenvalue weighted by molar-refractivity contribution is 9.10. The van der Waals surface area contributed by atoms with Gasteiger partial charge in [-0.15, -0.1) is 0 Å². The number of benzene rings is 3. The second-order valence-electron chi connectivity index (χ2n) is 7.05. The topological polar surface area (TPSA) is 97.3 Å². The van der Waals surface area contributed by atoms with Crippen LogP contribution in [0.25, 0.3) is 0 Å². The number of ether oxygens (including phenoxy) is 3. The van der Waals surface area contributed by atoms with Crippen molar-refractivity contribution in [1.29, 1.82) is 0 Å². The molecule has 0 heterocycles. The molecule has 174 valence electrons. The molecule has 7 nitrogen and oxygen atoms in total. The molecule has 2 atom stereocenters. The first-order valence-corrected chi connectivity index (χ1v) is 11.3. The molecule has 0 aliphatic carbocycles. The molecule has 0 unspecified atom stereocenters. The lowest BCUT2D eigenvalue weighted by Crippen LogP contribution is -2.32. The number of amides is 1. The molecule has 3 aromatic carbocycles. The molecule has 0 radical (unpaired) electrons. The van der Waals surface area contributed by atoms with Crippen LogP contribution in [0.3, 0.4) is 0 Å². The lowest BCUT2D eigenvalue weighted by molar-refractivity contribution is 0.00751.